The molecule has 0 saturated heterocycles. The Bertz CT molecular complexity index is 739. The quantitative estimate of drug-likeness (QED) is 0.572. The first-order chi connectivity index (χ1) is 11.3. The van der Waals surface area contributed by atoms with Crippen molar-refractivity contribution in [2.24, 2.45) is 0 Å². The zero-order valence-corrected chi connectivity index (χ0v) is 13.5. The van der Waals surface area contributed by atoms with Crippen LogP contribution in [0.1, 0.15) is 11.1 Å². The third kappa shape index (κ3) is 4.91. The largest absolute Gasteiger partial charge is 0.416 e. The Morgan fingerprint density at radius 2 is 1.62 bits per heavy atom. The summed E-state index contributed by atoms with van der Waals surface area (Å²) in [5.74, 6) is -0.522. The van der Waals surface area contributed by atoms with Crippen LogP contribution in [0.5, 0.6) is 0 Å². The van der Waals surface area contributed by atoms with Gasteiger partial charge in [-0.3, -0.25) is 15.6 Å². The fraction of sp³-hybridized carbons (Fsp3) is 0.0625. The van der Waals surface area contributed by atoms with Gasteiger partial charge in [0.2, 0.25) is 0 Å². The Labute approximate surface area is 146 Å². The van der Waals surface area contributed by atoms with Crippen molar-refractivity contribution >= 4 is 40.9 Å². The molecular weight excluding hydrogens is 364 g/mol. The van der Waals surface area contributed by atoms with Crippen molar-refractivity contribution in [2.45, 2.75) is 6.18 Å². The average Bonchev–Trinajstić information content (AvgIpc) is 2.52. The van der Waals surface area contributed by atoms with Gasteiger partial charge in [-0.2, -0.15) is 13.2 Å². The van der Waals surface area contributed by atoms with E-state index in [2.05, 4.69) is 10.9 Å². The molecule has 1 amide bonds. The molecule has 0 aromatic heterocycles. The lowest BCUT2D eigenvalue weighted by Crippen LogP contribution is -2.28. The molecule has 8 heteroatoms. The van der Waals surface area contributed by atoms with Crippen LogP contribution in [0.3, 0.4) is 0 Å². The average molecular weight is 375 g/mol. The molecule has 0 bridgehead atoms. The van der Waals surface area contributed by atoms with E-state index in [0.717, 1.165) is 17.7 Å². The maximum Gasteiger partial charge on any atom is 0.416 e. The number of hydrogen-bond acceptors (Lipinski definition) is 2. The molecular formula is C16H11Cl2F3N2O. The summed E-state index contributed by atoms with van der Waals surface area (Å²) in [5, 5.41) is -0.524. The number of carbonyl (C=O) groups excluding carboxylic acids is 1. The van der Waals surface area contributed by atoms with Crippen LogP contribution in [0.25, 0.3) is 6.08 Å². The van der Waals surface area contributed by atoms with Crippen molar-refractivity contribution in [2.75, 3.05) is 5.43 Å². The molecule has 0 fully saturated rings. The Morgan fingerprint density at radius 3 is 2.17 bits per heavy atom. The molecule has 0 heterocycles. The van der Waals surface area contributed by atoms with Crippen LogP contribution in [-0.2, 0) is 11.0 Å². The topological polar surface area (TPSA) is 41.1 Å². The van der Waals surface area contributed by atoms with Gasteiger partial charge in [-0.05, 0) is 23.8 Å². The minimum Gasteiger partial charge on any atom is -0.295 e. The Morgan fingerprint density at radius 1 is 1.04 bits per heavy atom. The van der Waals surface area contributed by atoms with Gasteiger partial charge in [0.15, 0.2) is 0 Å². The normalized spacial score (nSPS) is 11.5. The first kappa shape index (κ1) is 18.2. The second kappa shape index (κ2) is 7.59. The summed E-state index contributed by atoms with van der Waals surface area (Å²) in [4.78, 5) is 11.7. The number of hydrazine groups is 1. The van der Waals surface area contributed by atoms with E-state index in [0.29, 0.717) is 0 Å². The highest BCUT2D eigenvalue weighted by Crippen LogP contribution is 2.38. The predicted octanol–water partition coefficient (Wildman–Crippen LogP) is 5.17. The lowest BCUT2D eigenvalue weighted by atomic mass is 10.2. The van der Waals surface area contributed by atoms with E-state index >= 15 is 0 Å². The molecule has 0 aliphatic carbocycles. The van der Waals surface area contributed by atoms with Crippen LogP contribution in [0.2, 0.25) is 10.0 Å². The molecule has 0 atom stereocenters. The predicted molar refractivity (Wildman–Crippen MR) is 88.7 cm³/mol. The minimum absolute atomic E-state index is 0.0206. The van der Waals surface area contributed by atoms with Crippen LogP contribution in [0.4, 0.5) is 18.9 Å². The third-order valence-electron chi connectivity index (χ3n) is 2.91. The molecule has 24 heavy (non-hydrogen) atoms. The van der Waals surface area contributed by atoms with Crippen LogP contribution < -0.4 is 10.9 Å². The molecule has 2 aromatic carbocycles. The van der Waals surface area contributed by atoms with E-state index < -0.39 is 17.6 Å². The molecule has 0 spiro atoms. The van der Waals surface area contributed by atoms with Crippen LogP contribution >= 0.6 is 23.2 Å². The Hall–Kier alpha value is -2.18. The first-order valence-electron chi connectivity index (χ1n) is 6.63. The zero-order chi connectivity index (χ0) is 17.7. The van der Waals surface area contributed by atoms with Crippen molar-refractivity contribution in [1.82, 2.24) is 5.43 Å². The smallest absolute Gasteiger partial charge is 0.295 e. The van der Waals surface area contributed by atoms with Gasteiger partial charge in [0.05, 0.1) is 21.3 Å². The van der Waals surface area contributed by atoms with Crippen LogP contribution in [-0.4, -0.2) is 5.91 Å². The van der Waals surface area contributed by atoms with Crippen LogP contribution in [0, 0.1) is 0 Å². The molecule has 0 unspecified atom stereocenters. The molecule has 0 aliphatic rings. The second-order valence-corrected chi connectivity index (χ2v) is 5.49. The van der Waals surface area contributed by atoms with Crippen molar-refractivity contribution in [3.8, 4) is 0 Å². The highest BCUT2D eigenvalue weighted by atomic mass is 35.5. The summed E-state index contributed by atoms with van der Waals surface area (Å²) in [6.45, 7) is 0. The number of nitrogens with one attached hydrogen (secondary N) is 2. The molecule has 2 rings (SSSR count). The zero-order valence-electron chi connectivity index (χ0n) is 12.0. The third-order valence-corrected chi connectivity index (χ3v) is 3.50. The van der Waals surface area contributed by atoms with Gasteiger partial charge in [0, 0.05) is 6.08 Å². The van der Waals surface area contributed by atoms with E-state index in [1.807, 2.05) is 18.2 Å². The fourth-order valence-corrected chi connectivity index (χ4v) is 2.34. The fourth-order valence-electron chi connectivity index (χ4n) is 1.76. The first-order valence-corrected chi connectivity index (χ1v) is 7.38. The Balaban J connectivity index is 2.04. The van der Waals surface area contributed by atoms with Gasteiger partial charge in [-0.15, -0.1) is 0 Å². The molecule has 2 aromatic rings. The van der Waals surface area contributed by atoms with E-state index in [9.17, 15) is 18.0 Å². The van der Waals surface area contributed by atoms with Gasteiger partial charge >= 0.3 is 6.18 Å². The SMILES string of the molecule is O=C(C=Cc1ccccc1)NNc1c(Cl)cc(C(F)(F)F)cc1Cl. The maximum atomic E-state index is 12.6. The van der Waals surface area contributed by atoms with Gasteiger partial charge < -0.3 is 0 Å². The van der Waals surface area contributed by atoms with E-state index in [4.69, 9.17) is 23.2 Å². The lowest BCUT2D eigenvalue weighted by Gasteiger charge is -2.14. The number of amides is 1. The highest BCUT2D eigenvalue weighted by Gasteiger charge is 2.32. The Kier molecular flexibility index (Phi) is 5.75. The van der Waals surface area contributed by atoms with Crippen molar-refractivity contribution in [3.05, 3.63) is 69.7 Å². The van der Waals surface area contributed by atoms with E-state index in [1.165, 1.54) is 6.08 Å². The summed E-state index contributed by atoms with van der Waals surface area (Å²) in [5.41, 5.74) is 4.52. The van der Waals surface area contributed by atoms with Gasteiger partial charge in [-0.25, -0.2) is 0 Å². The van der Waals surface area contributed by atoms with E-state index in [1.54, 1.807) is 18.2 Å². The van der Waals surface area contributed by atoms with Crippen LogP contribution in [0.15, 0.2) is 48.5 Å². The summed E-state index contributed by atoms with van der Waals surface area (Å²) in [6, 6.07) is 10.5. The number of carbonyl (C=O) groups is 1. The standard InChI is InChI=1S/C16H11Cl2F3N2O/c17-12-8-11(16(19,20)21)9-13(18)15(12)23-22-14(24)7-6-10-4-2-1-3-5-10/h1-9,23H,(H,22,24). The minimum atomic E-state index is -4.56. The molecule has 0 saturated carbocycles. The molecule has 126 valence electrons. The van der Waals surface area contributed by atoms with Gasteiger partial charge in [0.1, 0.15) is 0 Å². The highest BCUT2D eigenvalue weighted by molar-refractivity contribution is 6.39. The number of anilines is 1. The summed E-state index contributed by atoms with van der Waals surface area (Å²) in [6.07, 6.45) is -1.73. The number of hydrogen-bond donors (Lipinski definition) is 2. The van der Waals surface area contributed by atoms with Crippen molar-refractivity contribution in [3.63, 3.8) is 0 Å². The number of halogens is 5. The second-order valence-electron chi connectivity index (χ2n) is 4.67. The summed E-state index contributed by atoms with van der Waals surface area (Å²) >= 11 is 11.6. The summed E-state index contributed by atoms with van der Waals surface area (Å²) < 4.78 is 37.9. The molecule has 3 nitrogen and oxygen atoms in total. The van der Waals surface area contributed by atoms with Crippen molar-refractivity contribution < 1.29 is 18.0 Å². The molecule has 0 aliphatic heterocycles. The maximum absolute atomic E-state index is 12.6. The monoisotopic (exact) mass is 374 g/mol. The lowest BCUT2D eigenvalue weighted by molar-refractivity contribution is -0.137. The molecule has 0 radical (unpaired) electrons. The number of rotatable bonds is 4. The van der Waals surface area contributed by atoms with Crippen molar-refractivity contribution in [1.29, 1.82) is 0 Å². The van der Waals surface area contributed by atoms with E-state index in [-0.39, 0.29) is 15.7 Å². The number of alkyl halides is 3. The summed E-state index contributed by atoms with van der Waals surface area (Å²) in [7, 11) is 0. The molecule has 2 N–H and O–H groups in total. The number of benzene rings is 2. The van der Waals surface area contributed by atoms with Gasteiger partial charge in [0.25, 0.3) is 5.91 Å². The van der Waals surface area contributed by atoms with Gasteiger partial charge in [-0.1, -0.05) is 53.5 Å².